The number of nitrogens with one attached hydrogen (secondary N) is 2. The maximum absolute atomic E-state index is 11.2. The van der Waals surface area contributed by atoms with Gasteiger partial charge >= 0.3 is 0 Å². The fourth-order valence-electron chi connectivity index (χ4n) is 4.70. The van der Waals surface area contributed by atoms with Gasteiger partial charge in [-0.2, -0.15) is 5.10 Å². The summed E-state index contributed by atoms with van der Waals surface area (Å²) in [5.41, 5.74) is 3.66. The van der Waals surface area contributed by atoms with Gasteiger partial charge in [0.1, 0.15) is 5.84 Å². The van der Waals surface area contributed by atoms with E-state index in [2.05, 4.69) is 39.2 Å². The van der Waals surface area contributed by atoms with Gasteiger partial charge in [0.15, 0.2) is 5.84 Å². The van der Waals surface area contributed by atoms with Gasteiger partial charge in [0, 0.05) is 37.0 Å². The van der Waals surface area contributed by atoms with E-state index in [-0.39, 0.29) is 17.2 Å². The molecule has 2 aromatic rings. The van der Waals surface area contributed by atoms with Crippen molar-refractivity contribution in [2.45, 2.75) is 30.6 Å². The highest BCUT2D eigenvalue weighted by atomic mass is 32.2. The molecule has 1 saturated heterocycles. The van der Waals surface area contributed by atoms with Crippen molar-refractivity contribution < 1.29 is 14.7 Å². The fourth-order valence-corrected chi connectivity index (χ4v) is 6.12. The van der Waals surface area contributed by atoms with Gasteiger partial charge in [-0.1, -0.05) is 12.1 Å². The molecule has 3 aliphatic rings. The molecule has 2 atom stereocenters. The SMILES string of the molecule is CN(CCCCC(=O)NO)CC1=CC2N=C(c3cccc4[nH]ncc34)N=C(N3CCOCC3)C2S1. The quantitative estimate of drug-likeness (QED) is 0.290. The van der Waals surface area contributed by atoms with Crippen LogP contribution in [0, 0.1) is 0 Å². The monoisotopic (exact) mass is 497 g/mol. The van der Waals surface area contributed by atoms with E-state index in [1.165, 1.54) is 4.91 Å². The van der Waals surface area contributed by atoms with Crippen molar-refractivity contribution in [3.8, 4) is 0 Å². The molecule has 1 aromatic carbocycles. The standard InChI is InChI=1S/C24H31N7O3S/c1-30(8-3-2-7-21(32)29-33)15-16-13-20-22(35-16)24(31-9-11-34-12-10-31)27-23(26-20)17-5-4-6-19-18(17)14-25-28-19/h4-6,13-14,20,22,33H,2-3,7-12,15H2,1H3,(H,25,28)(H,29,32). The van der Waals surface area contributed by atoms with Crippen LogP contribution in [-0.2, 0) is 9.53 Å². The summed E-state index contributed by atoms with van der Waals surface area (Å²) < 4.78 is 5.60. The predicted octanol–water partition coefficient (Wildman–Crippen LogP) is 2.03. The van der Waals surface area contributed by atoms with Gasteiger partial charge < -0.3 is 14.5 Å². The lowest BCUT2D eigenvalue weighted by Crippen LogP contribution is -2.48. The third kappa shape index (κ3) is 5.43. The highest BCUT2D eigenvalue weighted by Crippen LogP contribution is 2.39. The molecule has 35 heavy (non-hydrogen) atoms. The molecule has 1 aromatic heterocycles. The Kier molecular flexibility index (Phi) is 7.47. The number of aromatic amines is 1. The number of aliphatic imine (C=N–C) groups is 2. The van der Waals surface area contributed by atoms with Crippen LogP contribution in [0.3, 0.4) is 0 Å². The van der Waals surface area contributed by atoms with Crippen molar-refractivity contribution in [1.82, 2.24) is 25.5 Å². The van der Waals surface area contributed by atoms with Crippen LogP contribution in [0.2, 0.25) is 0 Å². The minimum atomic E-state index is -0.333. The molecule has 11 heteroatoms. The maximum atomic E-state index is 11.2. The molecule has 0 saturated carbocycles. The van der Waals surface area contributed by atoms with Crippen LogP contribution in [0.1, 0.15) is 24.8 Å². The van der Waals surface area contributed by atoms with E-state index >= 15 is 0 Å². The Morgan fingerprint density at radius 2 is 2.20 bits per heavy atom. The van der Waals surface area contributed by atoms with Gasteiger partial charge in [-0.05, 0) is 43.5 Å². The van der Waals surface area contributed by atoms with Crippen molar-refractivity contribution in [2.24, 2.45) is 9.98 Å². The van der Waals surface area contributed by atoms with Crippen molar-refractivity contribution in [3.63, 3.8) is 0 Å². The summed E-state index contributed by atoms with van der Waals surface area (Å²) in [4.78, 5) is 27.3. The molecule has 0 aliphatic carbocycles. The summed E-state index contributed by atoms with van der Waals surface area (Å²) in [5, 5.41) is 17.1. The first-order valence-corrected chi connectivity index (χ1v) is 12.9. The highest BCUT2D eigenvalue weighted by molar-refractivity contribution is 8.04. The first-order chi connectivity index (χ1) is 17.1. The number of unbranched alkanes of at least 4 members (excludes halogenated alkanes) is 1. The molecule has 3 N–H and O–H groups in total. The third-order valence-corrected chi connectivity index (χ3v) is 7.81. The summed E-state index contributed by atoms with van der Waals surface area (Å²) in [6, 6.07) is 6.12. The van der Waals surface area contributed by atoms with Gasteiger partial charge in [-0.25, -0.2) is 10.5 Å². The number of carbonyl (C=O) groups excluding carboxylic acids is 1. The molecule has 4 heterocycles. The third-order valence-electron chi connectivity index (χ3n) is 6.50. The molecule has 2 unspecified atom stereocenters. The van der Waals surface area contributed by atoms with Crippen LogP contribution >= 0.6 is 11.8 Å². The van der Waals surface area contributed by atoms with Crippen molar-refractivity contribution in [2.75, 3.05) is 46.4 Å². The number of H-pyrrole nitrogens is 1. The van der Waals surface area contributed by atoms with E-state index in [4.69, 9.17) is 19.9 Å². The van der Waals surface area contributed by atoms with Crippen LogP contribution in [0.25, 0.3) is 10.9 Å². The Labute approximate surface area is 208 Å². The first-order valence-electron chi connectivity index (χ1n) is 12.0. The summed E-state index contributed by atoms with van der Waals surface area (Å²) in [7, 11) is 2.10. The minimum Gasteiger partial charge on any atom is -0.378 e. The average Bonchev–Trinajstić information content (AvgIpc) is 3.52. The Hall–Kier alpha value is -2.73. The van der Waals surface area contributed by atoms with Crippen LogP contribution in [0.4, 0.5) is 0 Å². The number of fused-ring (bicyclic) bond motifs is 2. The zero-order valence-electron chi connectivity index (χ0n) is 19.8. The number of amidine groups is 2. The Bertz CT molecular complexity index is 1150. The number of carbonyl (C=O) groups is 1. The molecule has 1 amide bonds. The number of morpholine rings is 1. The Morgan fingerprint density at radius 1 is 1.34 bits per heavy atom. The van der Waals surface area contributed by atoms with Crippen LogP contribution in [-0.4, -0.2) is 101 Å². The van der Waals surface area contributed by atoms with Gasteiger partial charge in [0.25, 0.3) is 0 Å². The lowest BCUT2D eigenvalue weighted by molar-refractivity contribution is -0.129. The van der Waals surface area contributed by atoms with E-state index in [0.29, 0.717) is 19.6 Å². The Balaban J connectivity index is 1.33. The number of ether oxygens (including phenoxy) is 1. The van der Waals surface area contributed by atoms with Crippen molar-refractivity contribution in [1.29, 1.82) is 0 Å². The van der Waals surface area contributed by atoms with Crippen LogP contribution < -0.4 is 5.48 Å². The lowest BCUT2D eigenvalue weighted by atomic mass is 10.1. The molecule has 5 rings (SSSR count). The normalized spacial score (nSPS) is 22.1. The molecule has 10 nitrogen and oxygen atoms in total. The molecule has 1 fully saturated rings. The molecule has 0 spiro atoms. The van der Waals surface area contributed by atoms with Crippen LogP contribution in [0.5, 0.6) is 0 Å². The minimum absolute atomic E-state index is 0.0316. The van der Waals surface area contributed by atoms with E-state index < -0.39 is 0 Å². The molecular formula is C24H31N7O3S. The summed E-state index contributed by atoms with van der Waals surface area (Å²) in [6.45, 7) is 4.81. The smallest absolute Gasteiger partial charge is 0.243 e. The molecule has 0 bridgehead atoms. The molecular weight excluding hydrogens is 466 g/mol. The van der Waals surface area contributed by atoms with Gasteiger partial charge in [0.05, 0.1) is 36.2 Å². The van der Waals surface area contributed by atoms with Crippen molar-refractivity contribution in [3.05, 3.63) is 40.9 Å². The molecule has 0 radical (unpaired) electrons. The van der Waals surface area contributed by atoms with Crippen LogP contribution in [0.15, 0.2) is 45.4 Å². The topological polar surface area (TPSA) is 118 Å². The average molecular weight is 498 g/mol. The largest absolute Gasteiger partial charge is 0.378 e. The second-order valence-corrected chi connectivity index (χ2v) is 10.3. The van der Waals surface area contributed by atoms with E-state index in [1.54, 1.807) is 5.48 Å². The lowest BCUT2D eigenvalue weighted by Gasteiger charge is -2.35. The van der Waals surface area contributed by atoms with E-state index in [9.17, 15) is 4.79 Å². The number of thioether (sulfide) groups is 1. The second kappa shape index (κ2) is 10.9. The van der Waals surface area contributed by atoms with E-state index in [1.807, 2.05) is 30.1 Å². The number of hydrogen-bond donors (Lipinski definition) is 3. The summed E-state index contributed by atoms with van der Waals surface area (Å²) in [5.74, 6) is 1.51. The number of likely N-dealkylation sites (N-methyl/N-ethyl adjacent to an activating group) is 1. The van der Waals surface area contributed by atoms with Gasteiger partial charge in [-0.15, -0.1) is 11.8 Å². The molecule has 186 valence electrons. The first kappa shape index (κ1) is 24.0. The zero-order chi connectivity index (χ0) is 24.2. The number of amides is 1. The van der Waals surface area contributed by atoms with Gasteiger partial charge in [0.2, 0.25) is 5.91 Å². The van der Waals surface area contributed by atoms with Gasteiger partial charge in [-0.3, -0.25) is 20.1 Å². The number of hydroxylamine groups is 1. The Morgan fingerprint density at radius 3 is 3.03 bits per heavy atom. The van der Waals surface area contributed by atoms with Crippen molar-refractivity contribution >= 4 is 40.2 Å². The summed E-state index contributed by atoms with van der Waals surface area (Å²) in [6.07, 6.45) is 6.11. The summed E-state index contributed by atoms with van der Waals surface area (Å²) >= 11 is 1.86. The number of benzene rings is 1. The number of aromatic nitrogens is 2. The fraction of sp³-hybridized carbons (Fsp3) is 0.500. The maximum Gasteiger partial charge on any atom is 0.243 e. The number of rotatable bonds is 8. The predicted molar refractivity (Wildman–Crippen MR) is 137 cm³/mol. The number of hydrogen-bond acceptors (Lipinski definition) is 9. The number of nitrogens with zero attached hydrogens (tertiary/aromatic N) is 5. The zero-order valence-corrected chi connectivity index (χ0v) is 20.6. The second-order valence-electron chi connectivity index (χ2n) is 9.05. The molecule has 3 aliphatic heterocycles. The highest BCUT2D eigenvalue weighted by Gasteiger charge is 2.39. The van der Waals surface area contributed by atoms with E-state index in [0.717, 1.165) is 67.2 Å².